The van der Waals surface area contributed by atoms with E-state index in [0.717, 1.165) is 64.2 Å². The number of hydrogen-bond acceptors (Lipinski definition) is 3. The maximum Gasteiger partial charge on any atom is 0.256 e. The summed E-state index contributed by atoms with van der Waals surface area (Å²) >= 11 is 9.74. The molecule has 1 aliphatic carbocycles. The molecule has 1 aromatic heterocycles. The van der Waals surface area contributed by atoms with Crippen LogP contribution in [0.3, 0.4) is 0 Å². The molecule has 1 amide bonds. The Bertz CT molecular complexity index is 1170. The molecule has 30 heavy (non-hydrogen) atoms. The van der Waals surface area contributed by atoms with Gasteiger partial charge in [-0.2, -0.15) is 0 Å². The first-order valence-electron chi connectivity index (χ1n) is 10.0. The molecule has 0 spiro atoms. The van der Waals surface area contributed by atoms with Crippen molar-refractivity contribution >= 4 is 56.5 Å². The fourth-order valence-electron chi connectivity index (χ4n) is 4.20. The standard InChI is InChI=1S/C24H20BrClN2O2/c25-20-11-14(26)10-17-18(24(29)28-23(17)20)12-22-19(13-27-15-6-2-1-3-7-15)16-8-4-5-9-21(16)30-22/h1-3,6-7,10-12,27H,4-5,8-9,13H2,(H,28,29). The minimum Gasteiger partial charge on any atom is -0.461 e. The van der Waals surface area contributed by atoms with Crippen molar-refractivity contribution in [3.8, 4) is 0 Å². The molecule has 3 aromatic rings. The number of benzene rings is 2. The number of hydrogen-bond donors (Lipinski definition) is 2. The number of rotatable bonds is 4. The van der Waals surface area contributed by atoms with Crippen molar-refractivity contribution in [2.45, 2.75) is 32.2 Å². The SMILES string of the molecule is O=C1Nc2c(Br)cc(Cl)cc2C1=Cc1oc2c(c1CNc1ccccc1)CCCC2. The summed E-state index contributed by atoms with van der Waals surface area (Å²) in [5, 5.41) is 7.00. The van der Waals surface area contributed by atoms with Crippen LogP contribution in [0.4, 0.5) is 11.4 Å². The lowest BCUT2D eigenvalue weighted by Crippen LogP contribution is -2.06. The number of nitrogens with one attached hydrogen (secondary N) is 2. The summed E-state index contributed by atoms with van der Waals surface area (Å²) < 4.78 is 7.04. The van der Waals surface area contributed by atoms with Crippen LogP contribution in [-0.2, 0) is 24.2 Å². The summed E-state index contributed by atoms with van der Waals surface area (Å²) in [7, 11) is 0. The van der Waals surface area contributed by atoms with Gasteiger partial charge in [0.15, 0.2) is 0 Å². The summed E-state index contributed by atoms with van der Waals surface area (Å²) in [5.41, 5.74) is 5.57. The van der Waals surface area contributed by atoms with Crippen LogP contribution in [0.2, 0.25) is 5.02 Å². The quantitative estimate of drug-likeness (QED) is 0.407. The van der Waals surface area contributed by atoms with Crippen LogP contribution in [0.15, 0.2) is 51.4 Å². The smallest absolute Gasteiger partial charge is 0.256 e. The number of fused-ring (bicyclic) bond motifs is 2. The Balaban J connectivity index is 1.57. The number of carbonyl (C=O) groups excluding carboxylic acids is 1. The Morgan fingerprint density at radius 2 is 1.97 bits per heavy atom. The molecule has 1 aliphatic heterocycles. The van der Waals surface area contributed by atoms with Gasteiger partial charge >= 0.3 is 0 Å². The molecule has 5 rings (SSSR count). The molecule has 0 atom stereocenters. The predicted octanol–water partition coefficient (Wildman–Crippen LogP) is 6.68. The molecule has 0 unspecified atom stereocenters. The Morgan fingerprint density at radius 3 is 2.80 bits per heavy atom. The second-order valence-corrected chi connectivity index (χ2v) is 8.89. The number of aryl methyl sites for hydroxylation is 1. The first kappa shape index (κ1) is 19.5. The monoisotopic (exact) mass is 482 g/mol. The van der Waals surface area contributed by atoms with E-state index in [4.69, 9.17) is 16.0 Å². The Hall–Kier alpha value is -2.50. The topological polar surface area (TPSA) is 54.3 Å². The van der Waals surface area contributed by atoms with Crippen molar-refractivity contribution in [3.05, 3.63) is 80.2 Å². The number of halogens is 2. The number of furan rings is 1. The first-order valence-corrected chi connectivity index (χ1v) is 11.2. The van der Waals surface area contributed by atoms with Gasteiger partial charge < -0.3 is 15.1 Å². The normalized spacial score (nSPS) is 16.3. The van der Waals surface area contributed by atoms with E-state index in [2.05, 4.69) is 26.6 Å². The highest BCUT2D eigenvalue weighted by atomic mass is 79.9. The first-order chi connectivity index (χ1) is 14.6. The van der Waals surface area contributed by atoms with Crippen molar-refractivity contribution in [2.24, 2.45) is 0 Å². The molecule has 0 saturated heterocycles. The van der Waals surface area contributed by atoms with Crippen molar-refractivity contribution in [1.82, 2.24) is 0 Å². The number of anilines is 2. The zero-order valence-electron chi connectivity index (χ0n) is 16.2. The maximum atomic E-state index is 12.7. The molecule has 2 aliphatic rings. The molecule has 2 aromatic carbocycles. The average molecular weight is 484 g/mol. The van der Waals surface area contributed by atoms with Crippen molar-refractivity contribution in [2.75, 3.05) is 10.6 Å². The largest absolute Gasteiger partial charge is 0.461 e. The number of carbonyl (C=O) groups is 1. The fourth-order valence-corrected chi connectivity index (χ4v) is 5.11. The minimum atomic E-state index is -0.149. The van der Waals surface area contributed by atoms with Crippen molar-refractivity contribution < 1.29 is 9.21 Å². The molecule has 152 valence electrons. The fraction of sp³-hybridized carbons (Fsp3) is 0.208. The van der Waals surface area contributed by atoms with Crippen LogP contribution in [0, 0.1) is 0 Å². The summed E-state index contributed by atoms with van der Waals surface area (Å²) in [6.45, 7) is 0.648. The van der Waals surface area contributed by atoms with Gasteiger partial charge in [-0.15, -0.1) is 0 Å². The number of amides is 1. The third-order valence-corrected chi connectivity index (χ3v) is 6.50. The van der Waals surface area contributed by atoms with Crippen LogP contribution < -0.4 is 10.6 Å². The Labute approximate surface area is 188 Å². The highest BCUT2D eigenvalue weighted by Gasteiger charge is 2.29. The molecular weight excluding hydrogens is 464 g/mol. The van der Waals surface area contributed by atoms with Gasteiger partial charge in [0.1, 0.15) is 11.5 Å². The second kappa shape index (κ2) is 7.97. The molecule has 0 fully saturated rings. The predicted molar refractivity (Wildman–Crippen MR) is 125 cm³/mol. The zero-order valence-corrected chi connectivity index (χ0v) is 18.6. The van der Waals surface area contributed by atoms with Gasteiger partial charge in [0.2, 0.25) is 0 Å². The van der Waals surface area contributed by atoms with E-state index in [0.29, 0.717) is 17.1 Å². The van der Waals surface area contributed by atoms with E-state index in [1.807, 2.05) is 42.5 Å². The summed E-state index contributed by atoms with van der Waals surface area (Å²) in [5.74, 6) is 1.65. The van der Waals surface area contributed by atoms with Gasteiger partial charge in [0.05, 0.1) is 11.3 Å². The van der Waals surface area contributed by atoms with Gasteiger partial charge in [-0.05, 0) is 71.1 Å². The lowest BCUT2D eigenvalue weighted by atomic mass is 9.94. The summed E-state index contributed by atoms with van der Waals surface area (Å²) in [6.07, 6.45) is 6.11. The van der Waals surface area contributed by atoms with E-state index in [1.54, 1.807) is 6.07 Å². The minimum absolute atomic E-state index is 0.149. The molecule has 4 nitrogen and oxygen atoms in total. The van der Waals surface area contributed by atoms with E-state index in [9.17, 15) is 4.79 Å². The van der Waals surface area contributed by atoms with Gasteiger partial charge in [-0.1, -0.05) is 29.8 Å². The van der Waals surface area contributed by atoms with E-state index in [-0.39, 0.29) is 5.91 Å². The molecule has 0 radical (unpaired) electrons. The van der Waals surface area contributed by atoms with Gasteiger partial charge in [0.25, 0.3) is 5.91 Å². The van der Waals surface area contributed by atoms with Gasteiger partial charge in [0, 0.05) is 39.3 Å². The molecule has 2 heterocycles. The molecular formula is C24H20BrClN2O2. The highest BCUT2D eigenvalue weighted by Crippen LogP contribution is 2.41. The molecule has 2 N–H and O–H groups in total. The zero-order chi connectivity index (χ0) is 20.7. The Kier molecular flexibility index (Phi) is 5.17. The highest BCUT2D eigenvalue weighted by molar-refractivity contribution is 9.10. The van der Waals surface area contributed by atoms with Crippen LogP contribution >= 0.6 is 27.5 Å². The van der Waals surface area contributed by atoms with Crippen LogP contribution in [0.5, 0.6) is 0 Å². The Morgan fingerprint density at radius 1 is 1.17 bits per heavy atom. The third kappa shape index (κ3) is 3.57. The van der Waals surface area contributed by atoms with E-state index < -0.39 is 0 Å². The van der Waals surface area contributed by atoms with Gasteiger partial charge in [-0.3, -0.25) is 4.79 Å². The van der Waals surface area contributed by atoms with Crippen LogP contribution in [0.1, 0.15) is 41.1 Å². The van der Waals surface area contributed by atoms with Crippen LogP contribution in [-0.4, -0.2) is 5.91 Å². The summed E-state index contributed by atoms with van der Waals surface area (Å²) in [4.78, 5) is 12.7. The summed E-state index contributed by atoms with van der Waals surface area (Å²) in [6, 6.07) is 13.7. The molecule has 6 heteroatoms. The lowest BCUT2D eigenvalue weighted by molar-refractivity contribution is -0.110. The van der Waals surface area contributed by atoms with Crippen LogP contribution in [0.25, 0.3) is 11.6 Å². The van der Waals surface area contributed by atoms with Crippen molar-refractivity contribution in [3.63, 3.8) is 0 Å². The van der Waals surface area contributed by atoms with Crippen molar-refractivity contribution in [1.29, 1.82) is 0 Å². The van der Waals surface area contributed by atoms with Gasteiger partial charge in [-0.25, -0.2) is 0 Å². The second-order valence-electron chi connectivity index (χ2n) is 7.60. The average Bonchev–Trinajstić information content (AvgIpc) is 3.25. The lowest BCUT2D eigenvalue weighted by Gasteiger charge is -2.12. The number of para-hydroxylation sites is 1. The third-order valence-electron chi connectivity index (χ3n) is 5.66. The molecule has 0 saturated carbocycles. The molecule has 0 bridgehead atoms. The maximum absolute atomic E-state index is 12.7. The van der Waals surface area contributed by atoms with E-state index >= 15 is 0 Å². The van der Waals surface area contributed by atoms with E-state index in [1.165, 1.54) is 5.56 Å².